The molecule has 1 unspecified atom stereocenters. The van der Waals surface area contributed by atoms with E-state index in [1.54, 1.807) is 24.3 Å². The quantitative estimate of drug-likeness (QED) is 0.317. The summed E-state index contributed by atoms with van der Waals surface area (Å²) in [5.74, 6) is -0.561. The van der Waals surface area contributed by atoms with Crippen molar-refractivity contribution in [3.05, 3.63) is 100 Å². The molecule has 6 nitrogen and oxygen atoms in total. The summed E-state index contributed by atoms with van der Waals surface area (Å²) in [6, 6.07) is 23.5. The SMILES string of the molecule is CN(C)c1ccc(C(CNC(=O)CNC(=O)c2ccc(Br)cc2)c2c[nH]c3ccccc23)cc1. The van der Waals surface area contributed by atoms with Crippen molar-refractivity contribution in [2.75, 3.05) is 32.1 Å². The molecule has 4 rings (SSSR count). The number of para-hydroxylation sites is 1. The number of anilines is 1. The van der Waals surface area contributed by atoms with E-state index in [4.69, 9.17) is 0 Å². The summed E-state index contributed by atoms with van der Waals surface area (Å²) < 4.78 is 0.892. The second-order valence-corrected chi connectivity index (χ2v) is 9.24. The Bertz CT molecular complexity index is 1280. The predicted molar refractivity (Wildman–Crippen MR) is 140 cm³/mol. The van der Waals surface area contributed by atoms with Crippen molar-refractivity contribution in [1.82, 2.24) is 15.6 Å². The molecule has 174 valence electrons. The Balaban J connectivity index is 1.47. The van der Waals surface area contributed by atoms with Gasteiger partial charge in [-0.1, -0.05) is 46.3 Å². The first kappa shape index (κ1) is 23.6. The molecule has 0 fully saturated rings. The lowest BCUT2D eigenvalue weighted by molar-refractivity contribution is -0.120. The molecule has 0 saturated heterocycles. The van der Waals surface area contributed by atoms with Gasteiger partial charge < -0.3 is 20.5 Å². The van der Waals surface area contributed by atoms with Gasteiger partial charge in [0.2, 0.25) is 5.91 Å². The lowest BCUT2D eigenvalue weighted by Crippen LogP contribution is -2.38. The third kappa shape index (κ3) is 5.48. The smallest absolute Gasteiger partial charge is 0.251 e. The van der Waals surface area contributed by atoms with Crippen molar-refractivity contribution in [2.24, 2.45) is 0 Å². The van der Waals surface area contributed by atoms with E-state index in [2.05, 4.69) is 66.8 Å². The predicted octanol–water partition coefficient (Wildman–Crippen LogP) is 4.67. The summed E-state index contributed by atoms with van der Waals surface area (Å²) in [4.78, 5) is 30.3. The van der Waals surface area contributed by atoms with Crippen molar-refractivity contribution in [3.63, 3.8) is 0 Å². The Labute approximate surface area is 207 Å². The maximum Gasteiger partial charge on any atom is 0.251 e. The van der Waals surface area contributed by atoms with Crippen molar-refractivity contribution in [3.8, 4) is 0 Å². The highest BCUT2D eigenvalue weighted by Crippen LogP contribution is 2.31. The summed E-state index contributed by atoms with van der Waals surface area (Å²) >= 11 is 3.35. The van der Waals surface area contributed by atoms with Crippen molar-refractivity contribution < 1.29 is 9.59 Å². The summed E-state index contributed by atoms with van der Waals surface area (Å²) in [6.07, 6.45) is 2.01. The average molecular weight is 519 g/mol. The third-order valence-corrected chi connectivity index (χ3v) is 6.36. The standard InChI is InChI=1S/C27H27BrN4O2/c1-32(2)21-13-9-18(10-14-21)23(24-16-29-25-6-4-3-5-22(24)25)15-30-26(33)17-31-27(34)19-7-11-20(28)12-8-19/h3-14,16,23,29H,15,17H2,1-2H3,(H,30,33)(H,31,34). The first-order valence-corrected chi connectivity index (χ1v) is 11.9. The van der Waals surface area contributed by atoms with Crippen molar-refractivity contribution in [2.45, 2.75) is 5.92 Å². The van der Waals surface area contributed by atoms with Crippen LogP contribution >= 0.6 is 15.9 Å². The second kappa shape index (κ2) is 10.6. The molecule has 7 heteroatoms. The van der Waals surface area contributed by atoms with Crippen LogP contribution in [0, 0.1) is 0 Å². The van der Waals surface area contributed by atoms with Gasteiger partial charge in [0.15, 0.2) is 0 Å². The molecule has 2 amide bonds. The summed E-state index contributed by atoms with van der Waals surface area (Å²) in [5.41, 5.74) is 4.90. The van der Waals surface area contributed by atoms with Crippen molar-refractivity contribution in [1.29, 1.82) is 0 Å². The Kier molecular flexibility index (Phi) is 7.33. The normalized spacial score (nSPS) is 11.7. The molecular weight excluding hydrogens is 492 g/mol. The highest BCUT2D eigenvalue weighted by Gasteiger charge is 2.19. The minimum absolute atomic E-state index is 0.0431. The van der Waals surface area contributed by atoms with Gasteiger partial charge in [0.05, 0.1) is 6.54 Å². The maximum atomic E-state index is 12.6. The minimum Gasteiger partial charge on any atom is -0.378 e. The Morgan fingerprint density at radius 3 is 2.35 bits per heavy atom. The average Bonchev–Trinajstić information content (AvgIpc) is 3.27. The van der Waals surface area contributed by atoms with E-state index in [1.807, 2.05) is 38.5 Å². The maximum absolute atomic E-state index is 12.6. The van der Waals surface area contributed by atoms with Crippen LogP contribution in [-0.4, -0.2) is 44.0 Å². The molecule has 1 heterocycles. The number of hydrogen-bond donors (Lipinski definition) is 3. The van der Waals surface area contributed by atoms with Gasteiger partial charge in [0.25, 0.3) is 5.91 Å². The fourth-order valence-corrected chi connectivity index (χ4v) is 4.20. The number of nitrogens with zero attached hydrogens (tertiary/aromatic N) is 1. The Hall–Kier alpha value is -3.58. The molecule has 0 bridgehead atoms. The number of hydrogen-bond acceptors (Lipinski definition) is 3. The zero-order chi connectivity index (χ0) is 24.1. The van der Waals surface area contributed by atoms with E-state index >= 15 is 0 Å². The number of aromatic amines is 1. The zero-order valence-corrected chi connectivity index (χ0v) is 20.7. The van der Waals surface area contributed by atoms with E-state index < -0.39 is 0 Å². The van der Waals surface area contributed by atoms with E-state index in [-0.39, 0.29) is 24.3 Å². The lowest BCUT2D eigenvalue weighted by Gasteiger charge is -2.20. The second-order valence-electron chi connectivity index (χ2n) is 8.32. The van der Waals surface area contributed by atoms with E-state index in [0.29, 0.717) is 12.1 Å². The molecule has 0 aliphatic carbocycles. The zero-order valence-electron chi connectivity index (χ0n) is 19.1. The Morgan fingerprint density at radius 2 is 1.65 bits per heavy atom. The van der Waals surface area contributed by atoms with Crippen LogP contribution in [-0.2, 0) is 4.79 Å². The number of aromatic nitrogens is 1. The van der Waals surface area contributed by atoms with Gasteiger partial charge in [0.1, 0.15) is 0 Å². The molecule has 0 saturated carbocycles. The van der Waals surface area contributed by atoms with Gasteiger partial charge in [-0.05, 0) is 53.6 Å². The minimum atomic E-state index is -0.282. The van der Waals surface area contributed by atoms with Gasteiger partial charge in [-0.2, -0.15) is 0 Å². The number of rotatable bonds is 8. The first-order valence-electron chi connectivity index (χ1n) is 11.1. The summed E-state index contributed by atoms with van der Waals surface area (Å²) in [7, 11) is 4.02. The summed E-state index contributed by atoms with van der Waals surface area (Å²) in [5, 5.41) is 6.82. The van der Waals surface area contributed by atoms with Crippen LogP contribution in [0.5, 0.6) is 0 Å². The largest absolute Gasteiger partial charge is 0.378 e. The van der Waals surface area contributed by atoms with Crippen LogP contribution in [0.2, 0.25) is 0 Å². The molecule has 0 aliphatic heterocycles. The van der Waals surface area contributed by atoms with Gasteiger partial charge in [0, 0.05) is 59.4 Å². The molecule has 3 aromatic carbocycles. The molecule has 1 atom stereocenters. The number of halogens is 1. The molecule has 3 N–H and O–H groups in total. The lowest BCUT2D eigenvalue weighted by atomic mass is 9.90. The van der Waals surface area contributed by atoms with Gasteiger partial charge in [-0.25, -0.2) is 0 Å². The highest BCUT2D eigenvalue weighted by molar-refractivity contribution is 9.10. The van der Waals surface area contributed by atoms with Gasteiger partial charge in [-0.3, -0.25) is 9.59 Å². The molecule has 1 aromatic heterocycles. The van der Waals surface area contributed by atoms with Crippen LogP contribution in [0.3, 0.4) is 0 Å². The molecule has 0 aliphatic rings. The number of amides is 2. The fourth-order valence-electron chi connectivity index (χ4n) is 3.94. The van der Waals surface area contributed by atoms with Crippen molar-refractivity contribution >= 4 is 44.3 Å². The van der Waals surface area contributed by atoms with Crippen LogP contribution in [0.1, 0.15) is 27.4 Å². The number of carbonyl (C=O) groups is 2. The van der Waals surface area contributed by atoms with E-state index in [1.165, 1.54) is 0 Å². The molecule has 0 spiro atoms. The first-order chi connectivity index (χ1) is 16.4. The highest BCUT2D eigenvalue weighted by atomic mass is 79.9. The number of carbonyl (C=O) groups excluding carboxylic acids is 2. The number of nitrogens with one attached hydrogen (secondary N) is 3. The number of fused-ring (bicyclic) bond motifs is 1. The molecule has 0 radical (unpaired) electrons. The van der Waals surface area contributed by atoms with Crippen LogP contribution in [0.15, 0.2) is 83.5 Å². The number of H-pyrrole nitrogens is 1. The topological polar surface area (TPSA) is 77.2 Å². The fraction of sp³-hybridized carbons (Fsp3) is 0.185. The van der Waals surface area contributed by atoms with Crippen LogP contribution in [0.4, 0.5) is 5.69 Å². The van der Waals surface area contributed by atoms with E-state index in [0.717, 1.165) is 32.2 Å². The van der Waals surface area contributed by atoms with E-state index in [9.17, 15) is 9.59 Å². The van der Waals surface area contributed by atoms with Crippen LogP contribution < -0.4 is 15.5 Å². The molecular formula is C27H27BrN4O2. The van der Waals surface area contributed by atoms with Gasteiger partial charge in [-0.15, -0.1) is 0 Å². The third-order valence-electron chi connectivity index (χ3n) is 5.83. The van der Waals surface area contributed by atoms with Gasteiger partial charge >= 0.3 is 0 Å². The Morgan fingerprint density at radius 1 is 0.941 bits per heavy atom. The summed E-state index contributed by atoms with van der Waals surface area (Å²) in [6.45, 7) is 0.325. The number of benzene rings is 3. The molecule has 4 aromatic rings. The van der Waals surface area contributed by atoms with Crippen LogP contribution in [0.25, 0.3) is 10.9 Å². The molecule has 34 heavy (non-hydrogen) atoms. The monoisotopic (exact) mass is 518 g/mol.